The molecule has 1 aromatic carbocycles. The monoisotopic (exact) mass is 344 g/mol. The quantitative estimate of drug-likeness (QED) is 0.431. The van der Waals surface area contributed by atoms with Gasteiger partial charge < -0.3 is 33.5 Å². The molecule has 0 aliphatic rings. The number of aromatic carboxylic acids is 1. The van der Waals surface area contributed by atoms with Gasteiger partial charge in [0.25, 0.3) is 0 Å². The zero-order chi connectivity index (χ0) is 17.8. The van der Waals surface area contributed by atoms with E-state index in [0.29, 0.717) is 19.8 Å². The fraction of sp³-hybridized carbons (Fsp3) is 0.562. The Morgan fingerprint density at radius 2 is 1.25 bits per heavy atom. The average Bonchev–Trinajstić information content (AvgIpc) is 2.56. The van der Waals surface area contributed by atoms with Gasteiger partial charge in [0.05, 0.1) is 5.56 Å². The van der Waals surface area contributed by atoms with Gasteiger partial charge in [0, 0.05) is 19.8 Å². The van der Waals surface area contributed by atoms with E-state index >= 15 is 0 Å². The van der Waals surface area contributed by atoms with Crippen molar-refractivity contribution < 1.29 is 38.3 Å². The summed E-state index contributed by atoms with van der Waals surface area (Å²) in [5.74, 6) is -0.508. The minimum Gasteiger partial charge on any atom is -0.478 e. The molecule has 8 nitrogen and oxygen atoms in total. The Morgan fingerprint density at radius 3 is 1.62 bits per heavy atom. The van der Waals surface area contributed by atoms with Crippen molar-refractivity contribution in [3.05, 3.63) is 17.7 Å². The number of carboxylic acids is 1. The van der Waals surface area contributed by atoms with E-state index in [-0.39, 0.29) is 43.2 Å². The van der Waals surface area contributed by atoms with Gasteiger partial charge in [-0.3, -0.25) is 0 Å². The molecule has 0 spiro atoms. The predicted octanol–water partition coefficient (Wildman–Crippen LogP) is 2.50. The van der Waals surface area contributed by atoms with Crippen LogP contribution in [0.3, 0.4) is 0 Å². The van der Waals surface area contributed by atoms with Gasteiger partial charge in [-0.1, -0.05) is 0 Å². The van der Waals surface area contributed by atoms with Crippen LogP contribution in [-0.2, 0) is 14.2 Å². The van der Waals surface area contributed by atoms with E-state index in [2.05, 4.69) is 0 Å². The number of ether oxygens (including phenoxy) is 6. The van der Waals surface area contributed by atoms with E-state index in [4.69, 9.17) is 28.4 Å². The van der Waals surface area contributed by atoms with Crippen molar-refractivity contribution in [2.45, 2.75) is 20.8 Å². The minimum atomic E-state index is -1.12. The number of hydrogen-bond acceptors (Lipinski definition) is 7. The molecule has 0 atom stereocenters. The molecule has 136 valence electrons. The largest absolute Gasteiger partial charge is 0.478 e. The fourth-order valence-corrected chi connectivity index (χ4v) is 1.62. The summed E-state index contributed by atoms with van der Waals surface area (Å²) in [5, 5.41) is 9.24. The van der Waals surface area contributed by atoms with Crippen LogP contribution < -0.4 is 14.2 Å². The second kappa shape index (κ2) is 11.5. The smallest absolute Gasteiger partial charge is 0.335 e. The molecule has 1 N–H and O–H groups in total. The number of rotatable bonds is 13. The highest BCUT2D eigenvalue weighted by atomic mass is 16.7. The summed E-state index contributed by atoms with van der Waals surface area (Å²) < 4.78 is 31.9. The third kappa shape index (κ3) is 6.61. The summed E-state index contributed by atoms with van der Waals surface area (Å²) in [5.41, 5.74) is -0.00300. The molecule has 0 radical (unpaired) electrons. The SMILES string of the molecule is CCOCOc1cc(C(=O)O)cc(OCOCC)c1OCOCC. The van der Waals surface area contributed by atoms with E-state index in [1.807, 2.05) is 20.8 Å². The van der Waals surface area contributed by atoms with E-state index in [1.54, 1.807) is 0 Å². The first-order valence-electron chi connectivity index (χ1n) is 7.66. The van der Waals surface area contributed by atoms with Crippen molar-refractivity contribution >= 4 is 5.97 Å². The highest BCUT2D eigenvalue weighted by molar-refractivity contribution is 5.89. The zero-order valence-electron chi connectivity index (χ0n) is 14.2. The molecule has 24 heavy (non-hydrogen) atoms. The van der Waals surface area contributed by atoms with Crippen LogP contribution in [0.2, 0.25) is 0 Å². The maximum Gasteiger partial charge on any atom is 0.335 e. The standard InChI is InChI=1S/C16H24O8/c1-4-19-9-22-13-7-12(16(17)18)8-14(23-10-20-5-2)15(13)24-11-21-6-3/h7-8H,4-6,9-11H2,1-3H3,(H,17,18). The lowest BCUT2D eigenvalue weighted by atomic mass is 10.2. The van der Waals surface area contributed by atoms with Gasteiger partial charge in [0.2, 0.25) is 5.75 Å². The molecule has 0 unspecified atom stereocenters. The van der Waals surface area contributed by atoms with E-state index in [0.717, 1.165) is 0 Å². The first-order valence-corrected chi connectivity index (χ1v) is 7.66. The van der Waals surface area contributed by atoms with Crippen LogP contribution in [-0.4, -0.2) is 51.3 Å². The number of carboxylic acid groups (broad SMARTS) is 1. The van der Waals surface area contributed by atoms with Gasteiger partial charge in [-0.15, -0.1) is 0 Å². The number of hydrogen-bond donors (Lipinski definition) is 1. The molecule has 1 rings (SSSR count). The van der Waals surface area contributed by atoms with Crippen LogP contribution >= 0.6 is 0 Å². The molecule has 0 bridgehead atoms. The van der Waals surface area contributed by atoms with Crippen molar-refractivity contribution in [2.75, 3.05) is 40.2 Å². The summed E-state index contributed by atoms with van der Waals surface area (Å²) in [6.07, 6.45) is 0. The molecule has 0 aliphatic heterocycles. The number of carbonyl (C=O) groups is 1. The van der Waals surface area contributed by atoms with Crippen LogP contribution in [0.4, 0.5) is 0 Å². The Bertz CT molecular complexity index is 472. The lowest BCUT2D eigenvalue weighted by molar-refractivity contribution is -0.00313. The third-order valence-electron chi connectivity index (χ3n) is 2.76. The van der Waals surface area contributed by atoms with E-state index in [1.165, 1.54) is 12.1 Å². The normalized spacial score (nSPS) is 10.5. The summed E-state index contributed by atoms with van der Waals surface area (Å²) in [4.78, 5) is 11.3. The fourth-order valence-electron chi connectivity index (χ4n) is 1.62. The molecule has 0 fully saturated rings. The van der Waals surface area contributed by atoms with E-state index < -0.39 is 5.97 Å². The minimum absolute atomic E-state index is 0.00300. The van der Waals surface area contributed by atoms with Crippen molar-refractivity contribution in [1.29, 1.82) is 0 Å². The molecule has 0 aromatic heterocycles. The Labute approximate surface area is 141 Å². The highest BCUT2D eigenvalue weighted by Crippen LogP contribution is 2.39. The summed E-state index contributed by atoms with van der Waals surface area (Å²) in [6.45, 7) is 6.74. The topological polar surface area (TPSA) is 92.7 Å². The Kier molecular flexibility index (Phi) is 9.59. The third-order valence-corrected chi connectivity index (χ3v) is 2.76. The summed E-state index contributed by atoms with van der Waals surface area (Å²) in [7, 11) is 0. The summed E-state index contributed by atoms with van der Waals surface area (Å²) >= 11 is 0. The molecule has 0 aliphatic carbocycles. The predicted molar refractivity (Wildman–Crippen MR) is 84.8 cm³/mol. The molecule has 1 aromatic rings. The van der Waals surface area contributed by atoms with Crippen LogP contribution in [0, 0.1) is 0 Å². The molecule has 0 heterocycles. The maximum absolute atomic E-state index is 11.3. The molecule has 0 saturated heterocycles. The van der Waals surface area contributed by atoms with Crippen molar-refractivity contribution in [1.82, 2.24) is 0 Å². The maximum atomic E-state index is 11.3. The molecular formula is C16H24O8. The highest BCUT2D eigenvalue weighted by Gasteiger charge is 2.19. The Morgan fingerprint density at radius 1 is 0.833 bits per heavy atom. The van der Waals surface area contributed by atoms with Gasteiger partial charge in [-0.05, 0) is 32.9 Å². The van der Waals surface area contributed by atoms with Crippen molar-refractivity contribution in [3.8, 4) is 17.2 Å². The lowest BCUT2D eigenvalue weighted by Gasteiger charge is -2.17. The summed E-state index contributed by atoms with van der Waals surface area (Å²) in [6, 6.07) is 2.69. The average molecular weight is 344 g/mol. The Hall–Kier alpha value is -2.03. The lowest BCUT2D eigenvalue weighted by Crippen LogP contribution is -2.11. The van der Waals surface area contributed by atoms with E-state index in [9.17, 15) is 9.90 Å². The van der Waals surface area contributed by atoms with Crippen LogP contribution in [0.5, 0.6) is 17.2 Å². The van der Waals surface area contributed by atoms with Crippen LogP contribution in [0.15, 0.2) is 12.1 Å². The Balaban J connectivity index is 3.08. The second-order valence-corrected chi connectivity index (χ2v) is 4.37. The first kappa shape index (κ1) is 20.0. The second-order valence-electron chi connectivity index (χ2n) is 4.37. The van der Waals surface area contributed by atoms with Crippen molar-refractivity contribution in [3.63, 3.8) is 0 Å². The van der Waals surface area contributed by atoms with Gasteiger partial charge >= 0.3 is 5.97 Å². The van der Waals surface area contributed by atoms with Crippen molar-refractivity contribution in [2.24, 2.45) is 0 Å². The van der Waals surface area contributed by atoms with Gasteiger partial charge in [0.1, 0.15) is 0 Å². The van der Waals surface area contributed by atoms with Gasteiger partial charge in [-0.2, -0.15) is 0 Å². The zero-order valence-corrected chi connectivity index (χ0v) is 14.2. The first-order chi connectivity index (χ1) is 11.6. The van der Waals surface area contributed by atoms with Crippen LogP contribution in [0.25, 0.3) is 0 Å². The molecule has 8 heteroatoms. The molecule has 0 saturated carbocycles. The van der Waals surface area contributed by atoms with Gasteiger partial charge in [0.15, 0.2) is 31.9 Å². The molecule has 0 amide bonds. The van der Waals surface area contributed by atoms with Gasteiger partial charge in [-0.25, -0.2) is 4.79 Å². The molecular weight excluding hydrogens is 320 g/mol. The van der Waals surface area contributed by atoms with Crippen LogP contribution in [0.1, 0.15) is 31.1 Å². The number of benzene rings is 1.